The number of hydrogen-bond donors (Lipinski definition) is 0. The van der Waals surface area contributed by atoms with Gasteiger partial charge >= 0.3 is 0 Å². The van der Waals surface area contributed by atoms with Gasteiger partial charge in [0.15, 0.2) is 0 Å². The van der Waals surface area contributed by atoms with Gasteiger partial charge in [-0.25, -0.2) is 4.98 Å². The van der Waals surface area contributed by atoms with E-state index < -0.39 is 0 Å². The fourth-order valence-corrected chi connectivity index (χ4v) is 3.79. The fraction of sp³-hybridized carbons (Fsp3) is 0.214. The van der Waals surface area contributed by atoms with Gasteiger partial charge in [0.1, 0.15) is 5.82 Å². The second-order valence-corrected chi connectivity index (χ2v) is 6.36. The summed E-state index contributed by atoms with van der Waals surface area (Å²) in [7, 11) is 1.55. The molecule has 0 radical (unpaired) electrons. The topological polar surface area (TPSA) is 55.2 Å². The Bertz CT molecular complexity index is 666. The Balaban J connectivity index is 1.65. The molecule has 1 aromatic heterocycles. The van der Waals surface area contributed by atoms with Gasteiger partial charge in [-0.15, -0.1) is 0 Å². The van der Waals surface area contributed by atoms with Crippen molar-refractivity contribution in [3.8, 4) is 0 Å². The van der Waals surface area contributed by atoms with Crippen molar-refractivity contribution in [1.29, 1.82) is 0 Å². The number of carbonyl (C=O) groups excluding carboxylic acids is 2. The molecule has 21 heavy (non-hydrogen) atoms. The van der Waals surface area contributed by atoms with Gasteiger partial charge in [0.25, 0.3) is 11.8 Å². The van der Waals surface area contributed by atoms with Crippen LogP contribution in [0.15, 0.2) is 36.7 Å². The summed E-state index contributed by atoms with van der Waals surface area (Å²) in [5, 5.41) is 0. The maximum absolute atomic E-state index is 12.2. The molecule has 0 saturated heterocycles. The summed E-state index contributed by atoms with van der Waals surface area (Å²) in [6, 6.07) is 6.97. The number of aromatic nitrogens is 2. The second kappa shape index (κ2) is 6.18. The summed E-state index contributed by atoms with van der Waals surface area (Å²) < 4.78 is 1.98. The highest BCUT2D eigenvalue weighted by Gasteiger charge is 2.34. The van der Waals surface area contributed by atoms with E-state index in [4.69, 9.17) is 0 Å². The van der Waals surface area contributed by atoms with Gasteiger partial charge in [-0.2, -0.15) is 0 Å². The number of halogens is 1. The average Bonchev–Trinajstić information content (AvgIpc) is 3.06. The Labute approximate surface area is 138 Å². The lowest BCUT2D eigenvalue weighted by Gasteiger charge is -2.13. The Kier molecular flexibility index (Phi) is 4.29. The minimum atomic E-state index is -0.192. The molecule has 0 bridgehead atoms. The highest BCUT2D eigenvalue weighted by Crippen LogP contribution is 2.23. The molecule has 1 aliphatic rings. The SMILES string of the molecule is O=C1c2ccccc2C(=O)N1CCCc1nccn1SI. The van der Waals surface area contributed by atoms with Crippen molar-refractivity contribution in [1.82, 2.24) is 13.9 Å². The number of benzene rings is 1. The van der Waals surface area contributed by atoms with Crippen molar-refractivity contribution < 1.29 is 9.59 Å². The number of rotatable bonds is 5. The highest BCUT2D eigenvalue weighted by atomic mass is 127. The van der Waals surface area contributed by atoms with Crippen LogP contribution in [0.3, 0.4) is 0 Å². The molecule has 0 N–H and O–H groups in total. The molecule has 2 amide bonds. The lowest BCUT2D eigenvalue weighted by molar-refractivity contribution is 0.0652. The lowest BCUT2D eigenvalue weighted by Crippen LogP contribution is -2.31. The summed E-state index contributed by atoms with van der Waals surface area (Å²) >= 11 is 2.19. The van der Waals surface area contributed by atoms with Crippen LogP contribution >= 0.6 is 30.3 Å². The number of fused-ring (bicyclic) bond motifs is 1. The molecular formula is C14H12IN3O2S. The first-order valence-electron chi connectivity index (χ1n) is 6.49. The minimum Gasteiger partial charge on any atom is -0.274 e. The zero-order chi connectivity index (χ0) is 14.8. The normalized spacial score (nSPS) is 13.9. The number of nitrogens with zero attached hydrogens (tertiary/aromatic N) is 3. The summed E-state index contributed by atoms with van der Waals surface area (Å²) in [6.07, 6.45) is 5.09. The van der Waals surface area contributed by atoms with Crippen molar-refractivity contribution >= 4 is 42.1 Å². The van der Waals surface area contributed by atoms with E-state index in [-0.39, 0.29) is 11.8 Å². The largest absolute Gasteiger partial charge is 0.274 e. The third-order valence-electron chi connectivity index (χ3n) is 3.41. The first-order chi connectivity index (χ1) is 10.2. The van der Waals surface area contributed by atoms with Gasteiger partial charge in [0, 0.05) is 55.7 Å². The summed E-state index contributed by atoms with van der Waals surface area (Å²) in [6.45, 7) is 0.422. The van der Waals surface area contributed by atoms with Gasteiger partial charge in [-0.3, -0.25) is 18.5 Å². The van der Waals surface area contributed by atoms with Crippen molar-refractivity contribution in [3.05, 3.63) is 53.6 Å². The van der Waals surface area contributed by atoms with Crippen LogP contribution in [0.1, 0.15) is 33.0 Å². The minimum absolute atomic E-state index is 0.192. The molecular weight excluding hydrogens is 401 g/mol. The molecule has 2 aromatic rings. The summed E-state index contributed by atoms with van der Waals surface area (Å²) in [5.74, 6) is 0.565. The first-order valence-corrected chi connectivity index (χ1v) is 9.80. The van der Waals surface area contributed by atoms with Crippen LogP contribution in [0.25, 0.3) is 0 Å². The van der Waals surface area contributed by atoms with Gasteiger partial charge < -0.3 is 0 Å². The van der Waals surface area contributed by atoms with E-state index in [9.17, 15) is 9.59 Å². The Morgan fingerprint density at radius 2 is 1.81 bits per heavy atom. The third kappa shape index (κ3) is 2.71. The van der Waals surface area contributed by atoms with Gasteiger partial charge in [0.2, 0.25) is 0 Å². The molecule has 1 aromatic carbocycles. The Morgan fingerprint density at radius 1 is 1.14 bits per heavy atom. The fourth-order valence-electron chi connectivity index (χ4n) is 2.40. The molecule has 0 atom stereocenters. The van der Waals surface area contributed by atoms with Crippen LogP contribution in [-0.2, 0) is 6.42 Å². The van der Waals surface area contributed by atoms with Crippen molar-refractivity contribution in [3.63, 3.8) is 0 Å². The van der Waals surface area contributed by atoms with E-state index in [0.29, 0.717) is 24.1 Å². The predicted molar refractivity (Wildman–Crippen MR) is 89.4 cm³/mol. The molecule has 0 saturated carbocycles. The van der Waals surface area contributed by atoms with Gasteiger partial charge in [-0.1, -0.05) is 12.1 Å². The van der Waals surface area contributed by atoms with E-state index in [0.717, 1.165) is 12.2 Å². The average molecular weight is 413 g/mol. The molecule has 7 heteroatoms. The standard InChI is InChI=1S/C14H12IN3O2S/c15-21-18-9-7-16-12(18)6-3-8-17-13(19)10-4-1-2-5-11(10)14(17)20/h1-2,4-5,7,9H,3,6,8H2. The number of hydrogen-bond acceptors (Lipinski definition) is 4. The molecule has 0 aliphatic carbocycles. The van der Waals surface area contributed by atoms with E-state index in [1.807, 2.05) is 10.2 Å². The maximum Gasteiger partial charge on any atom is 0.261 e. The zero-order valence-electron chi connectivity index (χ0n) is 11.0. The van der Waals surface area contributed by atoms with E-state index in [1.54, 1.807) is 39.6 Å². The van der Waals surface area contributed by atoms with Crippen LogP contribution < -0.4 is 0 Å². The third-order valence-corrected chi connectivity index (χ3v) is 5.17. The van der Waals surface area contributed by atoms with Crippen LogP contribution in [0.2, 0.25) is 0 Å². The Morgan fingerprint density at radius 3 is 2.43 bits per heavy atom. The summed E-state index contributed by atoms with van der Waals surface area (Å²) in [5.41, 5.74) is 1.01. The van der Waals surface area contributed by atoms with Crippen molar-refractivity contribution in [2.45, 2.75) is 12.8 Å². The molecule has 2 heterocycles. The second-order valence-electron chi connectivity index (χ2n) is 4.65. The smallest absolute Gasteiger partial charge is 0.261 e. The van der Waals surface area contributed by atoms with E-state index >= 15 is 0 Å². The maximum atomic E-state index is 12.2. The monoisotopic (exact) mass is 413 g/mol. The Hall–Kier alpha value is -1.35. The molecule has 3 rings (SSSR count). The predicted octanol–water partition coefficient (Wildman–Crippen LogP) is 2.96. The molecule has 0 fully saturated rings. The molecule has 0 unspecified atom stereocenters. The van der Waals surface area contributed by atoms with Crippen LogP contribution in [0.4, 0.5) is 0 Å². The zero-order valence-corrected chi connectivity index (χ0v) is 14.0. The van der Waals surface area contributed by atoms with Crippen LogP contribution in [-0.4, -0.2) is 32.2 Å². The molecule has 5 nitrogen and oxygen atoms in total. The highest BCUT2D eigenvalue weighted by molar-refractivity contribution is 14.2. The quantitative estimate of drug-likeness (QED) is 0.559. The number of imide groups is 1. The number of imidazole rings is 1. The van der Waals surface area contributed by atoms with E-state index in [1.165, 1.54) is 4.90 Å². The van der Waals surface area contributed by atoms with Gasteiger partial charge in [-0.05, 0) is 18.6 Å². The van der Waals surface area contributed by atoms with Crippen molar-refractivity contribution in [2.24, 2.45) is 0 Å². The molecule has 0 spiro atoms. The van der Waals surface area contributed by atoms with E-state index in [2.05, 4.69) is 26.2 Å². The number of amides is 2. The summed E-state index contributed by atoms with van der Waals surface area (Å²) in [4.78, 5) is 30.0. The molecule has 108 valence electrons. The number of aryl methyl sites for hydroxylation is 1. The molecule has 1 aliphatic heterocycles. The van der Waals surface area contributed by atoms with Gasteiger partial charge in [0.05, 0.1) is 11.1 Å². The lowest BCUT2D eigenvalue weighted by atomic mass is 10.1. The van der Waals surface area contributed by atoms with Crippen LogP contribution in [0, 0.1) is 0 Å². The van der Waals surface area contributed by atoms with Crippen LogP contribution in [0.5, 0.6) is 0 Å². The number of carbonyl (C=O) groups is 2. The van der Waals surface area contributed by atoms with Crippen molar-refractivity contribution in [2.75, 3.05) is 6.54 Å². The first kappa shape index (κ1) is 14.6.